The molecule has 0 unspecified atom stereocenters. The second kappa shape index (κ2) is 10.5. The summed E-state index contributed by atoms with van der Waals surface area (Å²) in [6.07, 6.45) is 0.762. The van der Waals surface area contributed by atoms with Gasteiger partial charge in [-0.15, -0.1) is 0 Å². The fourth-order valence-electron chi connectivity index (χ4n) is 1.76. The Morgan fingerprint density at radius 1 is 1.32 bits per heavy atom. The summed E-state index contributed by atoms with van der Waals surface area (Å²) in [6, 6.07) is 2.08. The molecule has 0 aromatic heterocycles. The monoisotopic (exact) mass is 268 g/mol. The normalized spacial score (nSPS) is 10.5. The van der Waals surface area contributed by atoms with Gasteiger partial charge < -0.3 is 4.74 Å². The third-order valence-corrected chi connectivity index (χ3v) is 2.48. The van der Waals surface area contributed by atoms with Gasteiger partial charge in [0.2, 0.25) is 0 Å². The van der Waals surface area contributed by atoms with Crippen molar-refractivity contribution < 1.29 is 14.3 Å². The molecule has 0 rings (SSSR count). The van der Waals surface area contributed by atoms with Crippen molar-refractivity contribution in [3.05, 3.63) is 0 Å². The highest BCUT2D eigenvalue weighted by Gasteiger charge is 2.13. The van der Waals surface area contributed by atoms with Crippen molar-refractivity contribution in [1.82, 2.24) is 4.90 Å². The fourth-order valence-corrected chi connectivity index (χ4v) is 1.76. The molecule has 0 saturated carbocycles. The van der Waals surface area contributed by atoms with E-state index in [9.17, 15) is 9.59 Å². The number of nitrogens with zero attached hydrogens (tertiary/aromatic N) is 2. The van der Waals surface area contributed by atoms with Gasteiger partial charge in [0.15, 0.2) is 0 Å². The summed E-state index contributed by atoms with van der Waals surface area (Å²) in [5.74, 6) is 0.131. The zero-order chi connectivity index (χ0) is 14.7. The number of hydrogen-bond donors (Lipinski definition) is 0. The molecule has 0 bridgehead atoms. The summed E-state index contributed by atoms with van der Waals surface area (Å²) in [4.78, 5) is 24.9. The zero-order valence-electron chi connectivity index (χ0n) is 12.1. The van der Waals surface area contributed by atoms with Gasteiger partial charge in [-0.3, -0.25) is 14.5 Å². The molecule has 0 aromatic rings. The lowest BCUT2D eigenvalue weighted by Crippen LogP contribution is -2.34. The van der Waals surface area contributed by atoms with Gasteiger partial charge in [-0.2, -0.15) is 5.26 Å². The highest BCUT2D eigenvalue weighted by Crippen LogP contribution is 2.03. The van der Waals surface area contributed by atoms with Crippen LogP contribution in [0.1, 0.15) is 40.0 Å². The molecule has 0 aliphatic carbocycles. The van der Waals surface area contributed by atoms with E-state index in [2.05, 4.69) is 19.9 Å². The van der Waals surface area contributed by atoms with Gasteiger partial charge in [0.1, 0.15) is 5.78 Å². The minimum absolute atomic E-state index is 0.0200. The molecule has 0 aliphatic heterocycles. The third-order valence-electron chi connectivity index (χ3n) is 2.48. The van der Waals surface area contributed by atoms with Crippen LogP contribution in [0.2, 0.25) is 0 Å². The van der Waals surface area contributed by atoms with Gasteiger partial charge >= 0.3 is 5.97 Å². The van der Waals surface area contributed by atoms with E-state index in [4.69, 9.17) is 10.00 Å². The lowest BCUT2D eigenvalue weighted by atomic mass is 10.1. The van der Waals surface area contributed by atoms with Crippen LogP contribution in [0.3, 0.4) is 0 Å². The molecular weight excluding hydrogens is 244 g/mol. The van der Waals surface area contributed by atoms with Crippen molar-refractivity contribution in [2.75, 3.05) is 26.2 Å². The highest BCUT2D eigenvalue weighted by molar-refractivity contribution is 5.84. The summed E-state index contributed by atoms with van der Waals surface area (Å²) >= 11 is 0. The first-order valence-corrected chi connectivity index (χ1v) is 6.76. The van der Waals surface area contributed by atoms with E-state index in [1.54, 1.807) is 6.92 Å². The molecule has 0 saturated heterocycles. The quantitative estimate of drug-likeness (QED) is 0.565. The number of nitriles is 1. The van der Waals surface area contributed by atoms with Crippen molar-refractivity contribution in [2.45, 2.75) is 40.0 Å². The van der Waals surface area contributed by atoms with Crippen LogP contribution in [0.25, 0.3) is 0 Å². The summed E-state index contributed by atoms with van der Waals surface area (Å²) in [6.45, 7) is 7.91. The number of ketones is 1. The smallest absolute Gasteiger partial charge is 0.306 e. The third kappa shape index (κ3) is 10.2. The first kappa shape index (κ1) is 17.6. The van der Waals surface area contributed by atoms with E-state index < -0.39 is 0 Å². The van der Waals surface area contributed by atoms with Crippen LogP contribution in [-0.2, 0) is 14.3 Å². The van der Waals surface area contributed by atoms with Gasteiger partial charge in [0, 0.05) is 25.9 Å². The van der Waals surface area contributed by atoms with Gasteiger partial charge in [0.25, 0.3) is 0 Å². The Balaban J connectivity index is 4.08. The van der Waals surface area contributed by atoms with Crippen molar-refractivity contribution in [1.29, 1.82) is 5.26 Å². The maximum absolute atomic E-state index is 11.8. The van der Waals surface area contributed by atoms with E-state index in [1.807, 2.05) is 4.90 Å². The predicted octanol–water partition coefficient (Wildman–Crippen LogP) is 1.77. The Hall–Kier alpha value is -1.41. The van der Waals surface area contributed by atoms with Crippen LogP contribution in [0.15, 0.2) is 0 Å². The Kier molecular flexibility index (Phi) is 9.73. The average Bonchev–Trinajstić information content (AvgIpc) is 2.33. The van der Waals surface area contributed by atoms with Gasteiger partial charge in [0.05, 0.1) is 25.6 Å². The minimum Gasteiger partial charge on any atom is -0.466 e. The Labute approximate surface area is 115 Å². The van der Waals surface area contributed by atoms with Gasteiger partial charge in [-0.25, -0.2) is 0 Å². The van der Waals surface area contributed by atoms with E-state index >= 15 is 0 Å². The van der Waals surface area contributed by atoms with E-state index in [1.165, 1.54) is 0 Å². The van der Waals surface area contributed by atoms with Crippen LogP contribution in [0.4, 0.5) is 0 Å². The largest absolute Gasteiger partial charge is 0.466 e. The van der Waals surface area contributed by atoms with Crippen molar-refractivity contribution in [3.63, 3.8) is 0 Å². The summed E-state index contributed by atoms with van der Waals surface area (Å²) in [5.41, 5.74) is 0. The Bertz CT molecular complexity index is 321. The van der Waals surface area contributed by atoms with Crippen molar-refractivity contribution in [3.8, 4) is 6.07 Å². The lowest BCUT2D eigenvalue weighted by Gasteiger charge is -2.22. The van der Waals surface area contributed by atoms with Gasteiger partial charge in [-0.05, 0) is 12.8 Å². The molecule has 0 atom stereocenters. The number of ether oxygens (including phenoxy) is 1. The number of Topliss-reactive ketones (excluding diaryl/α,β-unsaturated/α-hetero) is 1. The predicted molar refractivity (Wildman–Crippen MR) is 72.4 cm³/mol. The molecule has 0 N–H and O–H groups in total. The first-order chi connectivity index (χ1) is 8.99. The Morgan fingerprint density at radius 2 is 2.00 bits per heavy atom. The SMILES string of the molecule is CCOC(=O)CCC(=O)CN(CCC#N)CC(C)C. The number of carbonyl (C=O) groups is 2. The van der Waals surface area contributed by atoms with Crippen molar-refractivity contribution in [2.24, 2.45) is 5.92 Å². The minimum atomic E-state index is -0.330. The number of carbonyl (C=O) groups excluding carboxylic acids is 2. The van der Waals surface area contributed by atoms with Crippen LogP contribution in [-0.4, -0.2) is 42.9 Å². The molecule has 19 heavy (non-hydrogen) atoms. The Morgan fingerprint density at radius 3 is 2.53 bits per heavy atom. The van der Waals surface area contributed by atoms with E-state index in [-0.39, 0.29) is 24.6 Å². The molecule has 5 heteroatoms. The average molecular weight is 268 g/mol. The van der Waals surface area contributed by atoms with Gasteiger partial charge in [-0.1, -0.05) is 13.8 Å². The molecule has 0 amide bonds. The highest BCUT2D eigenvalue weighted by atomic mass is 16.5. The van der Waals surface area contributed by atoms with Crippen molar-refractivity contribution >= 4 is 11.8 Å². The molecule has 0 heterocycles. The maximum Gasteiger partial charge on any atom is 0.306 e. The number of rotatable bonds is 10. The number of hydrogen-bond acceptors (Lipinski definition) is 5. The molecule has 0 aromatic carbocycles. The van der Waals surface area contributed by atoms with Crippen LogP contribution in [0, 0.1) is 17.2 Å². The fraction of sp³-hybridized carbons (Fsp3) is 0.786. The zero-order valence-corrected chi connectivity index (χ0v) is 12.1. The molecular formula is C14H24N2O3. The van der Waals surface area contributed by atoms with E-state index in [0.29, 0.717) is 32.0 Å². The maximum atomic E-state index is 11.8. The molecule has 0 radical (unpaired) electrons. The number of esters is 1. The molecule has 5 nitrogen and oxygen atoms in total. The van der Waals surface area contributed by atoms with Crippen LogP contribution < -0.4 is 0 Å². The summed E-state index contributed by atoms with van der Waals surface area (Å²) in [5, 5.41) is 8.60. The molecule has 0 spiro atoms. The second-order valence-corrected chi connectivity index (χ2v) is 4.88. The molecule has 0 fully saturated rings. The lowest BCUT2D eigenvalue weighted by molar-refractivity contribution is -0.144. The van der Waals surface area contributed by atoms with Crippen LogP contribution >= 0.6 is 0 Å². The summed E-state index contributed by atoms with van der Waals surface area (Å²) in [7, 11) is 0. The molecule has 0 aliphatic rings. The standard InChI is InChI=1S/C14H24N2O3/c1-4-19-14(18)7-6-13(17)11-16(9-5-8-15)10-12(2)3/h12H,4-7,9-11H2,1-3H3. The second-order valence-electron chi connectivity index (χ2n) is 4.88. The first-order valence-electron chi connectivity index (χ1n) is 6.76. The van der Waals surface area contributed by atoms with Crippen LogP contribution in [0.5, 0.6) is 0 Å². The topological polar surface area (TPSA) is 70.4 Å². The summed E-state index contributed by atoms with van der Waals surface area (Å²) < 4.78 is 4.78. The molecule has 108 valence electrons. The van der Waals surface area contributed by atoms with E-state index in [0.717, 1.165) is 6.54 Å².